The lowest BCUT2D eigenvalue weighted by molar-refractivity contribution is -0.137. The predicted octanol–water partition coefficient (Wildman–Crippen LogP) is 2.72. The predicted molar refractivity (Wildman–Crippen MR) is 96.8 cm³/mol. The highest BCUT2D eigenvalue weighted by molar-refractivity contribution is 5.96. The molecule has 0 saturated heterocycles. The van der Waals surface area contributed by atoms with Crippen molar-refractivity contribution in [2.24, 2.45) is 0 Å². The Bertz CT molecular complexity index is 766. The summed E-state index contributed by atoms with van der Waals surface area (Å²) in [6, 6.07) is 13.0. The van der Waals surface area contributed by atoms with Crippen molar-refractivity contribution < 1.29 is 28.6 Å². The number of rotatable bonds is 10. The van der Waals surface area contributed by atoms with Crippen LogP contribution in [-0.4, -0.2) is 48.8 Å². The summed E-state index contributed by atoms with van der Waals surface area (Å²) in [6.45, 7) is 0.360. The molecule has 0 aliphatic heterocycles. The molecular weight excluding hydrogens is 353 g/mol. The van der Waals surface area contributed by atoms with Gasteiger partial charge in [-0.25, -0.2) is 4.39 Å². The summed E-state index contributed by atoms with van der Waals surface area (Å²) < 4.78 is 24.1. The second-order valence-electron chi connectivity index (χ2n) is 5.89. The van der Waals surface area contributed by atoms with E-state index in [-0.39, 0.29) is 24.3 Å². The van der Waals surface area contributed by atoms with Crippen molar-refractivity contribution in [2.45, 2.75) is 13.2 Å². The zero-order chi connectivity index (χ0) is 19.6. The van der Waals surface area contributed by atoms with Crippen LogP contribution < -0.4 is 0 Å². The molecule has 7 heteroatoms. The fourth-order valence-corrected chi connectivity index (χ4v) is 2.49. The fourth-order valence-electron chi connectivity index (χ4n) is 2.49. The molecule has 0 spiro atoms. The van der Waals surface area contributed by atoms with Crippen LogP contribution in [0, 0.1) is 5.82 Å². The van der Waals surface area contributed by atoms with Gasteiger partial charge in [-0.2, -0.15) is 0 Å². The Morgan fingerprint density at radius 2 is 1.85 bits per heavy atom. The third kappa shape index (κ3) is 6.47. The first-order chi connectivity index (χ1) is 13.0. The fraction of sp³-hybridized carbons (Fsp3) is 0.300. The van der Waals surface area contributed by atoms with Gasteiger partial charge in [0.25, 0.3) is 5.91 Å². The normalized spacial score (nSPS) is 10.6. The van der Waals surface area contributed by atoms with E-state index in [0.717, 1.165) is 5.56 Å². The molecule has 0 aliphatic rings. The van der Waals surface area contributed by atoms with E-state index in [4.69, 9.17) is 14.6 Å². The summed E-state index contributed by atoms with van der Waals surface area (Å²) in [5.41, 5.74) is 1.24. The third-order valence-electron chi connectivity index (χ3n) is 3.81. The Labute approximate surface area is 157 Å². The lowest BCUT2D eigenvalue weighted by Crippen LogP contribution is -2.35. The monoisotopic (exact) mass is 375 g/mol. The molecule has 6 nitrogen and oxygen atoms in total. The number of carboxylic acid groups (broad SMARTS) is 1. The number of nitrogens with zero attached hydrogens (tertiary/aromatic N) is 1. The van der Waals surface area contributed by atoms with Gasteiger partial charge >= 0.3 is 5.97 Å². The lowest BCUT2D eigenvalue weighted by atomic mass is 10.1. The molecule has 0 fully saturated rings. The number of carboxylic acids is 1. The molecule has 0 aromatic heterocycles. The van der Waals surface area contributed by atoms with Gasteiger partial charge in [-0.15, -0.1) is 0 Å². The number of carbonyl (C=O) groups excluding carboxylic acids is 1. The first kappa shape index (κ1) is 20.5. The van der Waals surface area contributed by atoms with Crippen LogP contribution in [0.5, 0.6) is 0 Å². The minimum absolute atomic E-state index is 0.00602. The maximum atomic E-state index is 14.0. The molecule has 0 aliphatic carbocycles. The minimum Gasteiger partial charge on any atom is -0.480 e. The molecule has 0 saturated carbocycles. The Morgan fingerprint density at radius 3 is 2.52 bits per heavy atom. The molecular formula is C20H22FNO5. The summed E-state index contributed by atoms with van der Waals surface area (Å²) in [6.07, 6.45) is 0. The number of hydrogen-bond acceptors (Lipinski definition) is 4. The van der Waals surface area contributed by atoms with E-state index in [1.54, 1.807) is 0 Å². The molecule has 0 radical (unpaired) electrons. The number of benzene rings is 2. The van der Waals surface area contributed by atoms with Crippen LogP contribution in [0.3, 0.4) is 0 Å². The molecule has 0 unspecified atom stereocenters. The summed E-state index contributed by atoms with van der Waals surface area (Å²) >= 11 is 0. The minimum atomic E-state index is -1.12. The van der Waals surface area contributed by atoms with Gasteiger partial charge in [0, 0.05) is 24.8 Å². The van der Waals surface area contributed by atoms with Crippen molar-refractivity contribution in [3.63, 3.8) is 0 Å². The third-order valence-corrected chi connectivity index (χ3v) is 3.81. The molecule has 27 heavy (non-hydrogen) atoms. The Hall–Kier alpha value is -2.77. The average molecular weight is 375 g/mol. The van der Waals surface area contributed by atoms with Gasteiger partial charge in [-0.1, -0.05) is 30.3 Å². The van der Waals surface area contributed by atoms with Gasteiger partial charge in [0.15, 0.2) is 0 Å². The maximum absolute atomic E-state index is 14.0. The van der Waals surface area contributed by atoms with Crippen molar-refractivity contribution in [3.8, 4) is 0 Å². The number of halogens is 1. The molecule has 1 N–H and O–H groups in total. The number of aliphatic carboxylic acids is 1. The van der Waals surface area contributed by atoms with Gasteiger partial charge < -0.3 is 19.5 Å². The lowest BCUT2D eigenvalue weighted by Gasteiger charge is -2.21. The zero-order valence-corrected chi connectivity index (χ0v) is 15.1. The van der Waals surface area contributed by atoms with Crippen LogP contribution in [0.1, 0.15) is 21.5 Å². The van der Waals surface area contributed by atoms with E-state index in [2.05, 4.69) is 0 Å². The Kier molecular flexibility index (Phi) is 7.91. The van der Waals surface area contributed by atoms with Gasteiger partial charge in [0.05, 0.1) is 19.8 Å². The first-order valence-electron chi connectivity index (χ1n) is 8.41. The van der Waals surface area contributed by atoms with Crippen molar-refractivity contribution in [3.05, 3.63) is 71.0 Å². The average Bonchev–Trinajstić information content (AvgIpc) is 2.66. The second-order valence-corrected chi connectivity index (χ2v) is 5.89. The zero-order valence-electron chi connectivity index (χ0n) is 15.1. The summed E-state index contributed by atoms with van der Waals surface area (Å²) in [4.78, 5) is 25.2. The van der Waals surface area contributed by atoms with Crippen LogP contribution >= 0.6 is 0 Å². The number of hydrogen-bond donors (Lipinski definition) is 1. The van der Waals surface area contributed by atoms with Gasteiger partial charge in [-0.05, 0) is 23.8 Å². The number of amides is 1. The van der Waals surface area contributed by atoms with E-state index in [9.17, 15) is 14.0 Å². The number of ether oxygens (including phenoxy) is 2. The Morgan fingerprint density at radius 1 is 1.11 bits per heavy atom. The number of methoxy groups -OCH3 is 1. The SMILES string of the molecule is COCCOCc1cc(C(=O)N(CC(=O)O)Cc2ccccc2)ccc1F. The summed E-state index contributed by atoms with van der Waals surface area (Å²) in [5, 5.41) is 9.14. The molecule has 144 valence electrons. The van der Waals surface area contributed by atoms with Crippen LogP contribution in [0.15, 0.2) is 48.5 Å². The van der Waals surface area contributed by atoms with Gasteiger partial charge in [-0.3, -0.25) is 9.59 Å². The smallest absolute Gasteiger partial charge is 0.323 e. The molecule has 2 aromatic rings. The largest absolute Gasteiger partial charge is 0.480 e. The number of carbonyl (C=O) groups is 2. The van der Waals surface area contributed by atoms with E-state index >= 15 is 0 Å². The second kappa shape index (κ2) is 10.4. The van der Waals surface area contributed by atoms with E-state index in [0.29, 0.717) is 13.2 Å². The van der Waals surface area contributed by atoms with Crippen LogP contribution in [-0.2, 0) is 27.4 Å². The van der Waals surface area contributed by atoms with Crippen molar-refractivity contribution >= 4 is 11.9 Å². The van der Waals surface area contributed by atoms with Crippen LogP contribution in [0.4, 0.5) is 4.39 Å². The van der Waals surface area contributed by atoms with E-state index in [1.165, 1.54) is 30.2 Å². The molecule has 0 bridgehead atoms. The first-order valence-corrected chi connectivity index (χ1v) is 8.41. The Balaban J connectivity index is 2.16. The highest BCUT2D eigenvalue weighted by atomic mass is 19.1. The van der Waals surface area contributed by atoms with Crippen molar-refractivity contribution in [1.29, 1.82) is 0 Å². The topological polar surface area (TPSA) is 76.1 Å². The summed E-state index contributed by atoms with van der Waals surface area (Å²) in [5.74, 6) is -2.10. The highest BCUT2D eigenvalue weighted by Crippen LogP contribution is 2.15. The van der Waals surface area contributed by atoms with Crippen molar-refractivity contribution in [2.75, 3.05) is 26.9 Å². The van der Waals surface area contributed by atoms with Crippen LogP contribution in [0.2, 0.25) is 0 Å². The maximum Gasteiger partial charge on any atom is 0.323 e. The highest BCUT2D eigenvalue weighted by Gasteiger charge is 2.20. The standard InChI is InChI=1S/C20H22FNO5/c1-26-9-10-27-14-17-11-16(7-8-18(17)21)20(25)22(13-19(23)24)12-15-5-3-2-4-6-15/h2-8,11H,9-10,12-14H2,1H3,(H,23,24). The molecule has 1 amide bonds. The molecule has 2 rings (SSSR count). The van der Waals surface area contributed by atoms with Crippen LogP contribution in [0.25, 0.3) is 0 Å². The molecule has 0 heterocycles. The molecule has 2 aromatic carbocycles. The van der Waals surface area contributed by atoms with Gasteiger partial charge in [0.1, 0.15) is 12.4 Å². The molecule has 0 atom stereocenters. The van der Waals surface area contributed by atoms with E-state index < -0.39 is 24.2 Å². The van der Waals surface area contributed by atoms with Crippen molar-refractivity contribution in [1.82, 2.24) is 4.90 Å². The van der Waals surface area contributed by atoms with Gasteiger partial charge in [0.2, 0.25) is 0 Å². The quantitative estimate of drug-likeness (QED) is 0.646. The summed E-state index contributed by atoms with van der Waals surface area (Å²) in [7, 11) is 1.53. The van der Waals surface area contributed by atoms with E-state index in [1.807, 2.05) is 30.3 Å².